The summed E-state index contributed by atoms with van der Waals surface area (Å²) in [5.41, 5.74) is 0.943. The van der Waals surface area contributed by atoms with Crippen LogP contribution in [0.3, 0.4) is 0 Å². The van der Waals surface area contributed by atoms with Crippen LogP contribution < -0.4 is 15.4 Å². The lowest BCUT2D eigenvalue weighted by atomic mass is 9.45. The number of carbonyl (C=O) groups is 2. The highest BCUT2D eigenvalue weighted by Gasteiger charge is 2.57. The van der Waals surface area contributed by atoms with E-state index in [1.54, 1.807) is 25.1 Å². The number of hydroxylamine groups is 2. The van der Waals surface area contributed by atoms with E-state index in [9.17, 15) is 33.0 Å². The van der Waals surface area contributed by atoms with Crippen LogP contribution in [0.25, 0.3) is 11.1 Å². The molecule has 13 heteroatoms. The number of methoxy groups -OCH3 is 1. The molecule has 2 bridgehead atoms. The van der Waals surface area contributed by atoms with E-state index in [1.807, 2.05) is 49.3 Å². The number of hydrogen-bond donors (Lipinski definition) is 4. The van der Waals surface area contributed by atoms with Crippen molar-refractivity contribution in [3.63, 3.8) is 0 Å². The lowest BCUT2D eigenvalue weighted by molar-refractivity contribution is -0.183. The first-order valence-corrected chi connectivity index (χ1v) is 19.8. The van der Waals surface area contributed by atoms with E-state index in [4.69, 9.17) is 9.57 Å². The van der Waals surface area contributed by atoms with Crippen molar-refractivity contribution in [2.75, 3.05) is 34.4 Å². The molecule has 4 fully saturated rings. The first-order chi connectivity index (χ1) is 26.9. The van der Waals surface area contributed by atoms with Gasteiger partial charge in [0, 0.05) is 41.2 Å². The summed E-state index contributed by atoms with van der Waals surface area (Å²) in [5, 5.41) is 28.9. The molecule has 10 nitrogen and oxygen atoms in total. The summed E-state index contributed by atoms with van der Waals surface area (Å²) in [5.74, 6) is -0.272. The van der Waals surface area contributed by atoms with Gasteiger partial charge < -0.3 is 30.5 Å². The van der Waals surface area contributed by atoms with Gasteiger partial charge in [-0.25, -0.2) is 0 Å². The zero-order valence-electron chi connectivity index (χ0n) is 33.8. The molecule has 0 radical (unpaired) electrons. The van der Waals surface area contributed by atoms with Crippen molar-refractivity contribution in [1.82, 2.24) is 20.6 Å². The van der Waals surface area contributed by atoms with Crippen LogP contribution in [-0.4, -0.2) is 96.7 Å². The van der Waals surface area contributed by atoms with Crippen molar-refractivity contribution < 1.29 is 42.5 Å². The van der Waals surface area contributed by atoms with Crippen molar-refractivity contribution in [2.24, 2.45) is 29.1 Å². The summed E-state index contributed by atoms with van der Waals surface area (Å²) >= 11 is 0. The van der Waals surface area contributed by atoms with Crippen molar-refractivity contribution >= 4 is 11.8 Å². The number of ether oxygens (including phenoxy) is 1. The van der Waals surface area contributed by atoms with Crippen LogP contribution in [-0.2, 0) is 28.8 Å². The van der Waals surface area contributed by atoms with Crippen molar-refractivity contribution in [3.05, 3.63) is 89.0 Å². The summed E-state index contributed by atoms with van der Waals surface area (Å²) < 4.78 is 49.2. The maximum atomic E-state index is 14.5. The number of rotatable bonds is 14. The quantitative estimate of drug-likeness (QED) is 0.158. The number of alkyl halides is 3. The normalized spacial score (nSPS) is 26.7. The van der Waals surface area contributed by atoms with Gasteiger partial charge in [0.25, 0.3) is 5.91 Å². The number of amides is 2. The second-order valence-electron chi connectivity index (χ2n) is 17.2. The summed E-state index contributed by atoms with van der Waals surface area (Å²) in [7, 11) is 5.13. The molecule has 4 aliphatic rings. The summed E-state index contributed by atoms with van der Waals surface area (Å²) in [6, 6.07) is 16.4. The number of aliphatic hydroxyl groups excluding tert-OH is 2. The maximum Gasteiger partial charge on any atom is 0.416 e. The molecule has 57 heavy (non-hydrogen) atoms. The number of benzene rings is 3. The smallest absolute Gasteiger partial charge is 0.416 e. The number of aliphatic hydroxyl groups is 2. The van der Waals surface area contributed by atoms with Crippen molar-refractivity contribution in [1.29, 1.82) is 0 Å². The second-order valence-corrected chi connectivity index (χ2v) is 17.2. The Hall–Kier alpha value is -4.01. The van der Waals surface area contributed by atoms with Crippen LogP contribution in [0.1, 0.15) is 67.6 Å². The molecule has 0 aromatic heterocycles. The van der Waals surface area contributed by atoms with Gasteiger partial charge in [-0.15, -0.1) is 0 Å². The maximum absolute atomic E-state index is 14.5. The van der Waals surface area contributed by atoms with E-state index >= 15 is 0 Å². The number of likely N-dealkylation sites (N-methyl/N-ethyl adjacent to an activating group) is 1. The zero-order valence-corrected chi connectivity index (χ0v) is 33.8. The van der Waals surface area contributed by atoms with Gasteiger partial charge in [0.1, 0.15) is 17.9 Å². The van der Waals surface area contributed by atoms with Gasteiger partial charge in [-0.1, -0.05) is 69.3 Å². The first kappa shape index (κ1) is 42.6. The number of halogens is 3. The van der Waals surface area contributed by atoms with Crippen LogP contribution in [0.2, 0.25) is 0 Å². The molecular weight excluding hydrogens is 738 g/mol. The number of nitrogens with one attached hydrogen (secondary N) is 2. The molecule has 3 aliphatic carbocycles. The molecule has 1 aliphatic heterocycles. The largest absolute Gasteiger partial charge is 0.496 e. The topological polar surface area (TPSA) is 124 Å². The minimum absolute atomic E-state index is 0.0503. The average Bonchev–Trinajstić information content (AvgIpc) is 3.53. The third-order valence-corrected chi connectivity index (χ3v) is 12.8. The Labute approximate surface area is 333 Å². The van der Waals surface area contributed by atoms with E-state index in [2.05, 4.69) is 31.4 Å². The molecule has 9 atom stereocenters. The fourth-order valence-corrected chi connectivity index (χ4v) is 9.68. The average molecular weight is 795 g/mol. The Bertz CT molecular complexity index is 1890. The van der Waals surface area contributed by atoms with E-state index in [0.717, 1.165) is 30.5 Å². The molecule has 310 valence electrons. The molecule has 1 saturated heterocycles. The highest BCUT2D eigenvalue weighted by atomic mass is 19.4. The number of hydrogen-bond acceptors (Lipinski definition) is 8. The Morgan fingerprint density at radius 2 is 1.79 bits per heavy atom. The second kappa shape index (κ2) is 17.1. The van der Waals surface area contributed by atoms with Gasteiger partial charge in [0.05, 0.1) is 31.9 Å². The van der Waals surface area contributed by atoms with E-state index in [1.165, 1.54) is 18.2 Å². The van der Waals surface area contributed by atoms with Crippen LogP contribution in [0.4, 0.5) is 13.2 Å². The van der Waals surface area contributed by atoms with E-state index in [0.29, 0.717) is 35.9 Å². The highest BCUT2D eigenvalue weighted by Crippen LogP contribution is 2.61. The van der Waals surface area contributed by atoms with Crippen molar-refractivity contribution in [3.8, 4) is 16.9 Å². The van der Waals surface area contributed by atoms with Gasteiger partial charge >= 0.3 is 6.18 Å². The van der Waals surface area contributed by atoms with E-state index in [-0.39, 0.29) is 52.7 Å². The number of para-hydroxylation sites is 1. The minimum atomic E-state index is -4.76. The molecule has 0 spiro atoms. The summed E-state index contributed by atoms with van der Waals surface area (Å²) in [4.78, 5) is 36.1. The van der Waals surface area contributed by atoms with Gasteiger partial charge in [-0.2, -0.15) is 18.2 Å². The predicted octanol–water partition coefficient (Wildman–Crippen LogP) is 5.94. The molecule has 1 heterocycles. The molecular formula is C44H57F3N4O6. The highest BCUT2D eigenvalue weighted by molar-refractivity contribution is 5.96. The van der Waals surface area contributed by atoms with Crippen LogP contribution in [0, 0.1) is 29.1 Å². The third-order valence-electron chi connectivity index (χ3n) is 12.8. The van der Waals surface area contributed by atoms with Crippen LogP contribution in [0.5, 0.6) is 5.75 Å². The number of nitrogens with zero attached hydrogens (tertiary/aromatic N) is 2. The van der Waals surface area contributed by atoms with Crippen LogP contribution in [0.15, 0.2) is 66.7 Å². The lowest BCUT2D eigenvalue weighted by Crippen LogP contribution is -2.62. The van der Waals surface area contributed by atoms with Crippen LogP contribution >= 0.6 is 0 Å². The Morgan fingerprint density at radius 1 is 1.07 bits per heavy atom. The van der Waals surface area contributed by atoms with Gasteiger partial charge in [-0.05, 0) is 92.8 Å². The summed E-state index contributed by atoms with van der Waals surface area (Å²) in [6.45, 7) is 8.28. The number of carbonyl (C=O) groups excluding carboxylic acids is 2. The van der Waals surface area contributed by atoms with E-state index < -0.39 is 48.4 Å². The van der Waals surface area contributed by atoms with Crippen molar-refractivity contribution in [2.45, 2.75) is 90.0 Å². The monoisotopic (exact) mass is 794 g/mol. The minimum Gasteiger partial charge on any atom is -0.496 e. The third kappa shape index (κ3) is 9.02. The molecule has 3 aromatic carbocycles. The first-order valence-electron chi connectivity index (χ1n) is 19.8. The fraction of sp³-hybridized carbons (Fsp3) is 0.545. The number of fused-ring (bicyclic) bond motifs is 2. The Morgan fingerprint density at radius 3 is 2.39 bits per heavy atom. The molecule has 2 amide bonds. The predicted molar refractivity (Wildman–Crippen MR) is 211 cm³/mol. The Balaban J connectivity index is 1.30. The summed E-state index contributed by atoms with van der Waals surface area (Å²) in [6.07, 6.45) is -4.17. The molecule has 1 unspecified atom stereocenters. The lowest BCUT2D eigenvalue weighted by Gasteiger charge is -2.62. The Kier molecular flexibility index (Phi) is 12.8. The van der Waals surface area contributed by atoms with Gasteiger partial charge in [-0.3, -0.25) is 14.4 Å². The SMILES string of the molecule is COc1c(CN2O[C@@H](CO)[C@@H]([C@H](C)O)[C@H]2C(=O)N[C@H]2CC3C[C@@H]([C@@H]2C)C3(C)C)cccc1-c1cc(C(=O)N[C@@H](Cc2ccccc2)CN(C)C)cc(C(F)(F)F)c1. The standard InChI is InChI=1S/C44H57F3N4O6/c1-25-35-20-31(43(35,3)4)21-36(25)49-42(55)39-38(26(2)53)37(24-52)57-51(39)22-28-14-11-15-34(40(28)56-7)29-17-30(19-32(18-29)44(45,46)47)41(54)48-33(23-50(5)6)16-27-12-9-8-10-13-27/h8-15,17-19,25-26,31,33,35-39,52-53H,16,20-24H2,1-7H3,(H,48,54)(H,49,55)/t25-,26-,31?,33-,35-,36-,37-,38+,39-/m0/s1. The molecule has 3 aromatic rings. The molecule has 4 N–H and O–H groups in total. The molecule has 7 rings (SSSR count). The molecule has 3 saturated carbocycles. The fourth-order valence-electron chi connectivity index (χ4n) is 9.68. The van der Waals surface area contributed by atoms with Gasteiger partial charge in [0.15, 0.2) is 0 Å². The zero-order chi connectivity index (χ0) is 41.4. The van der Waals surface area contributed by atoms with Gasteiger partial charge in [0.2, 0.25) is 5.91 Å².